The van der Waals surface area contributed by atoms with Gasteiger partial charge in [-0.1, -0.05) is 0 Å². The van der Waals surface area contributed by atoms with Gasteiger partial charge in [0.05, 0.1) is 26.2 Å². The predicted octanol–water partition coefficient (Wildman–Crippen LogP) is 1.70. The molecule has 2 heterocycles. The van der Waals surface area contributed by atoms with Gasteiger partial charge in [0, 0.05) is 39.3 Å². The highest BCUT2D eigenvalue weighted by molar-refractivity contribution is 5.76. The molecule has 0 aromatic rings. The maximum absolute atomic E-state index is 12.1. The van der Waals surface area contributed by atoms with Crippen molar-refractivity contribution in [1.82, 2.24) is 4.90 Å². The van der Waals surface area contributed by atoms with E-state index in [9.17, 15) is 4.79 Å². The van der Waals surface area contributed by atoms with Crippen LogP contribution < -0.4 is 0 Å². The van der Waals surface area contributed by atoms with Crippen molar-refractivity contribution in [3.8, 4) is 0 Å². The van der Waals surface area contributed by atoms with Crippen molar-refractivity contribution in [2.75, 3.05) is 53.2 Å². The van der Waals surface area contributed by atoms with Crippen LogP contribution in [-0.2, 0) is 19.0 Å². The molecule has 5 nitrogen and oxygen atoms in total. The Hall–Kier alpha value is -0.650. The summed E-state index contributed by atoms with van der Waals surface area (Å²) in [6.45, 7) is 7.48. The molecule has 2 rings (SSSR count). The number of hydrogen-bond donors (Lipinski definition) is 0. The van der Waals surface area contributed by atoms with Crippen molar-refractivity contribution in [3.63, 3.8) is 0 Å². The summed E-state index contributed by atoms with van der Waals surface area (Å²) in [4.78, 5) is 14.1. The van der Waals surface area contributed by atoms with E-state index in [1.807, 2.05) is 11.8 Å². The second-order valence-electron chi connectivity index (χ2n) is 6.17. The summed E-state index contributed by atoms with van der Waals surface area (Å²) >= 11 is 0. The maximum Gasteiger partial charge on any atom is 0.224 e. The van der Waals surface area contributed by atoms with E-state index in [4.69, 9.17) is 14.2 Å². The van der Waals surface area contributed by atoms with E-state index in [1.165, 1.54) is 0 Å². The van der Waals surface area contributed by atoms with E-state index in [2.05, 4.69) is 0 Å². The number of likely N-dealkylation sites (tertiary alicyclic amines) is 1. The first kappa shape index (κ1) is 16.7. The third kappa shape index (κ3) is 4.18. The molecule has 2 aliphatic heterocycles. The Morgan fingerprint density at radius 3 is 2.76 bits per heavy atom. The topological polar surface area (TPSA) is 48.0 Å². The van der Waals surface area contributed by atoms with Crippen molar-refractivity contribution < 1.29 is 19.0 Å². The minimum absolute atomic E-state index is 0.222. The molecule has 0 radical (unpaired) electrons. The zero-order valence-electron chi connectivity index (χ0n) is 13.4. The van der Waals surface area contributed by atoms with E-state index < -0.39 is 0 Å². The molecule has 2 saturated heterocycles. The van der Waals surface area contributed by atoms with Gasteiger partial charge in [-0.15, -0.1) is 0 Å². The van der Waals surface area contributed by atoms with Crippen molar-refractivity contribution in [1.29, 1.82) is 0 Å². The van der Waals surface area contributed by atoms with Crippen LogP contribution in [0.1, 0.15) is 32.6 Å². The Labute approximate surface area is 127 Å². The SMILES string of the molecule is CCOC[C@H]1COCCC12CCN(C(=O)CCOC)CC2. The molecule has 0 N–H and O–H groups in total. The number of methoxy groups -OCH3 is 1. The van der Waals surface area contributed by atoms with Crippen LogP contribution in [0.2, 0.25) is 0 Å². The van der Waals surface area contributed by atoms with Crippen molar-refractivity contribution in [2.45, 2.75) is 32.6 Å². The van der Waals surface area contributed by atoms with Gasteiger partial charge in [0.15, 0.2) is 0 Å². The molecule has 2 aliphatic rings. The van der Waals surface area contributed by atoms with Crippen LogP contribution in [0.5, 0.6) is 0 Å². The van der Waals surface area contributed by atoms with Crippen LogP contribution in [0, 0.1) is 11.3 Å². The van der Waals surface area contributed by atoms with E-state index in [-0.39, 0.29) is 5.91 Å². The van der Waals surface area contributed by atoms with Gasteiger partial charge in [-0.3, -0.25) is 4.79 Å². The second kappa shape index (κ2) is 8.11. The number of rotatable bonds is 6. The number of hydrogen-bond acceptors (Lipinski definition) is 4. The molecule has 5 heteroatoms. The fraction of sp³-hybridized carbons (Fsp3) is 0.938. The van der Waals surface area contributed by atoms with Gasteiger partial charge in [0.25, 0.3) is 0 Å². The van der Waals surface area contributed by atoms with Gasteiger partial charge < -0.3 is 19.1 Å². The molecule has 0 aromatic heterocycles. The lowest BCUT2D eigenvalue weighted by Crippen LogP contribution is -2.50. The van der Waals surface area contributed by atoms with Crippen LogP contribution in [0.15, 0.2) is 0 Å². The highest BCUT2D eigenvalue weighted by atomic mass is 16.5. The quantitative estimate of drug-likeness (QED) is 0.749. The van der Waals surface area contributed by atoms with Crippen molar-refractivity contribution in [2.24, 2.45) is 11.3 Å². The fourth-order valence-electron chi connectivity index (χ4n) is 3.57. The number of piperidine rings is 1. The monoisotopic (exact) mass is 299 g/mol. The highest BCUT2D eigenvalue weighted by Crippen LogP contribution is 2.44. The smallest absolute Gasteiger partial charge is 0.224 e. The third-order valence-electron chi connectivity index (χ3n) is 5.08. The van der Waals surface area contributed by atoms with Crippen molar-refractivity contribution >= 4 is 5.91 Å². The molecule has 0 aliphatic carbocycles. The number of ether oxygens (including phenoxy) is 3. The minimum atomic E-state index is 0.222. The number of carbonyl (C=O) groups excluding carboxylic acids is 1. The van der Waals surface area contributed by atoms with Crippen LogP contribution in [0.4, 0.5) is 0 Å². The Kier molecular flexibility index (Phi) is 6.45. The molecule has 0 bridgehead atoms. The first-order chi connectivity index (χ1) is 10.2. The van der Waals surface area contributed by atoms with Gasteiger partial charge in [-0.25, -0.2) is 0 Å². The Morgan fingerprint density at radius 1 is 1.33 bits per heavy atom. The summed E-state index contributed by atoms with van der Waals surface area (Å²) in [5.41, 5.74) is 0.311. The largest absolute Gasteiger partial charge is 0.384 e. The van der Waals surface area contributed by atoms with Gasteiger partial charge in [0.2, 0.25) is 5.91 Å². The first-order valence-electron chi connectivity index (χ1n) is 8.14. The van der Waals surface area contributed by atoms with Crippen LogP contribution in [0.3, 0.4) is 0 Å². The summed E-state index contributed by atoms with van der Waals surface area (Å²) < 4.78 is 16.3. The second-order valence-corrected chi connectivity index (χ2v) is 6.17. The summed E-state index contributed by atoms with van der Waals surface area (Å²) in [6, 6.07) is 0. The number of nitrogens with zero attached hydrogens (tertiary/aromatic N) is 1. The lowest BCUT2D eigenvalue weighted by atomic mass is 9.66. The summed E-state index contributed by atoms with van der Waals surface area (Å²) in [6.07, 6.45) is 3.75. The minimum Gasteiger partial charge on any atom is -0.384 e. The molecule has 0 saturated carbocycles. The van der Waals surface area contributed by atoms with E-state index in [1.54, 1.807) is 7.11 Å². The molecule has 1 amide bonds. The average Bonchev–Trinajstić information content (AvgIpc) is 2.52. The normalized spacial score (nSPS) is 25.2. The lowest BCUT2D eigenvalue weighted by Gasteiger charge is -2.49. The van der Waals surface area contributed by atoms with Gasteiger partial charge >= 0.3 is 0 Å². The van der Waals surface area contributed by atoms with Gasteiger partial charge in [-0.2, -0.15) is 0 Å². The maximum atomic E-state index is 12.1. The summed E-state index contributed by atoms with van der Waals surface area (Å²) in [7, 11) is 1.64. The Balaban J connectivity index is 1.88. The van der Waals surface area contributed by atoms with Gasteiger partial charge in [-0.05, 0) is 31.6 Å². The molecule has 1 spiro atoms. The van der Waals surface area contributed by atoms with Crippen LogP contribution in [0.25, 0.3) is 0 Å². The van der Waals surface area contributed by atoms with Crippen LogP contribution in [-0.4, -0.2) is 64.0 Å². The lowest BCUT2D eigenvalue weighted by molar-refractivity contribution is -0.139. The predicted molar refractivity (Wildman–Crippen MR) is 80.2 cm³/mol. The first-order valence-corrected chi connectivity index (χ1v) is 8.14. The van der Waals surface area contributed by atoms with Gasteiger partial charge in [0.1, 0.15) is 0 Å². The fourth-order valence-corrected chi connectivity index (χ4v) is 3.57. The van der Waals surface area contributed by atoms with E-state index >= 15 is 0 Å². The van der Waals surface area contributed by atoms with E-state index in [0.717, 1.165) is 58.8 Å². The molecule has 0 aromatic carbocycles. The Morgan fingerprint density at radius 2 is 2.10 bits per heavy atom. The van der Waals surface area contributed by atoms with E-state index in [0.29, 0.717) is 24.4 Å². The molecular weight excluding hydrogens is 270 g/mol. The zero-order valence-corrected chi connectivity index (χ0v) is 13.4. The molecular formula is C16H29NO4. The molecule has 2 fully saturated rings. The highest BCUT2D eigenvalue weighted by Gasteiger charge is 2.44. The Bertz CT molecular complexity index is 326. The number of carbonyl (C=O) groups is 1. The summed E-state index contributed by atoms with van der Waals surface area (Å²) in [5.74, 6) is 0.697. The third-order valence-corrected chi connectivity index (χ3v) is 5.08. The molecule has 1 atom stereocenters. The molecule has 0 unspecified atom stereocenters. The molecule has 122 valence electrons. The van der Waals surface area contributed by atoms with Crippen molar-refractivity contribution in [3.05, 3.63) is 0 Å². The standard InChI is InChI=1S/C16H29NO4/c1-3-20-12-14-13-21-11-7-16(14)5-8-17(9-6-16)15(18)4-10-19-2/h14H,3-13H2,1-2H3/t14-/m0/s1. The number of amides is 1. The molecule has 21 heavy (non-hydrogen) atoms. The van der Waals surface area contributed by atoms with Crippen LogP contribution >= 0.6 is 0 Å². The average molecular weight is 299 g/mol. The zero-order chi connectivity index (χ0) is 15.1. The summed E-state index contributed by atoms with van der Waals surface area (Å²) in [5, 5.41) is 0.